The molecule has 4 rings (SSSR count). The Morgan fingerprint density at radius 1 is 1.04 bits per heavy atom. The van der Waals surface area contributed by atoms with Gasteiger partial charge in [0.15, 0.2) is 0 Å². The standard InChI is InChI=1S/C20H22N4O2/c21-19(25)15-7-10-23(11-8-15)20(26)16-5-6-18(22-13-16)24-12-9-14-3-1-2-4-17(14)24/h1-6,13,15H,7-12H2,(H2,21,25). The number of primary amides is 1. The van der Waals surface area contributed by atoms with Gasteiger partial charge in [-0.25, -0.2) is 4.98 Å². The number of nitrogens with two attached hydrogens (primary N) is 1. The number of hydrogen-bond acceptors (Lipinski definition) is 4. The van der Waals surface area contributed by atoms with Crippen molar-refractivity contribution in [2.75, 3.05) is 24.5 Å². The van der Waals surface area contributed by atoms with Crippen LogP contribution in [0.5, 0.6) is 0 Å². The summed E-state index contributed by atoms with van der Waals surface area (Å²) in [5.41, 5.74) is 8.45. The summed E-state index contributed by atoms with van der Waals surface area (Å²) in [6, 6.07) is 12.1. The summed E-state index contributed by atoms with van der Waals surface area (Å²) < 4.78 is 0. The van der Waals surface area contributed by atoms with E-state index in [1.807, 2.05) is 18.2 Å². The van der Waals surface area contributed by atoms with Crippen molar-refractivity contribution in [1.82, 2.24) is 9.88 Å². The highest BCUT2D eigenvalue weighted by atomic mass is 16.2. The van der Waals surface area contributed by atoms with Crippen molar-refractivity contribution in [3.05, 3.63) is 53.7 Å². The molecule has 1 saturated heterocycles. The molecule has 134 valence electrons. The number of anilines is 2. The average Bonchev–Trinajstić information content (AvgIpc) is 3.12. The molecular formula is C20H22N4O2. The summed E-state index contributed by atoms with van der Waals surface area (Å²) in [6.07, 6.45) is 3.93. The maximum absolute atomic E-state index is 12.7. The predicted molar refractivity (Wildman–Crippen MR) is 99.2 cm³/mol. The van der Waals surface area contributed by atoms with Gasteiger partial charge in [0.25, 0.3) is 5.91 Å². The van der Waals surface area contributed by atoms with E-state index in [0.717, 1.165) is 18.8 Å². The number of benzene rings is 1. The molecule has 1 fully saturated rings. The summed E-state index contributed by atoms with van der Waals surface area (Å²) in [6.45, 7) is 2.03. The number of carbonyl (C=O) groups excluding carboxylic acids is 2. The van der Waals surface area contributed by atoms with Gasteiger partial charge >= 0.3 is 0 Å². The van der Waals surface area contributed by atoms with Gasteiger partial charge in [0.2, 0.25) is 5.91 Å². The monoisotopic (exact) mass is 350 g/mol. The number of para-hydroxylation sites is 1. The summed E-state index contributed by atoms with van der Waals surface area (Å²) in [5, 5.41) is 0. The Morgan fingerprint density at radius 2 is 1.81 bits per heavy atom. The molecule has 2 aromatic rings. The number of fused-ring (bicyclic) bond motifs is 1. The van der Waals surface area contributed by atoms with E-state index in [1.165, 1.54) is 11.3 Å². The van der Waals surface area contributed by atoms with Crippen LogP contribution >= 0.6 is 0 Å². The van der Waals surface area contributed by atoms with Crippen molar-refractivity contribution in [3.8, 4) is 0 Å². The first-order chi connectivity index (χ1) is 12.6. The first-order valence-corrected chi connectivity index (χ1v) is 9.03. The first kappa shape index (κ1) is 16.6. The molecule has 1 aromatic heterocycles. The molecule has 2 N–H and O–H groups in total. The van der Waals surface area contributed by atoms with Gasteiger partial charge in [-0.05, 0) is 43.0 Å². The summed E-state index contributed by atoms with van der Waals surface area (Å²) in [7, 11) is 0. The van der Waals surface area contributed by atoms with E-state index in [1.54, 1.807) is 11.1 Å². The molecule has 0 aliphatic carbocycles. The molecule has 3 heterocycles. The number of aromatic nitrogens is 1. The van der Waals surface area contributed by atoms with Crippen LogP contribution in [0.1, 0.15) is 28.8 Å². The smallest absolute Gasteiger partial charge is 0.255 e. The van der Waals surface area contributed by atoms with Crippen LogP contribution in [-0.2, 0) is 11.2 Å². The van der Waals surface area contributed by atoms with Crippen molar-refractivity contribution >= 4 is 23.3 Å². The zero-order valence-electron chi connectivity index (χ0n) is 14.6. The van der Waals surface area contributed by atoms with E-state index in [-0.39, 0.29) is 17.7 Å². The van der Waals surface area contributed by atoms with Crippen LogP contribution in [0, 0.1) is 5.92 Å². The van der Waals surface area contributed by atoms with Gasteiger partial charge in [0, 0.05) is 37.4 Å². The van der Waals surface area contributed by atoms with Crippen LogP contribution in [0.2, 0.25) is 0 Å². The normalized spacial score (nSPS) is 17.2. The lowest BCUT2D eigenvalue weighted by Crippen LogP contribution is -2.41. The number of pyridine rings is 1. The molecule has 1 aromatic carbocycles. The molecule has 0 spiro atoms. The van der Waals surface area contributed by atoms with E-state index in [2.05, 4.69) is 28.1 Å². The molecule has 2 aliphatic rings. The summed E-state index contributed by atoms with van der Waals surface area (Å²) in [5.74, 6) is 0.441. The van der Waals surface area contributed by atoms with E-state index >= 15 is 0 Å². The molecule has 0 atom stereocenters. The number of likely N-dealkylation sites (tertiary alicyclic amines) is 1. The molecule has 0 bridgehead atoms. The molecule has 2 amide bonds. The van der Waals surface area contributed by atoms with E-state index in [4.69, 9.17) is 5.73 Å². The number of amides is 2. The average molecular weight is 350 g/mol. The minimum absolute atomic E-state index is 0.0335. The van der Waals surface area contributed by atoms with E-state index in [9.17, 15) is 9.59 Å². The Morgan fingerprint density at radius 3 is 2.50 bits per heavy atom. The van der Waals surface area contributed by atoms with Gasteiger partial charge in [-0.1, -0.05) is 18.2 Å². The van der Waals surface area contributed by atoms with Gasteiger partial charge in [-0.15, -0.1) is 0 Å². The third kappa shape index (κ3) is 3.03. The third-order valence-electron chi connectivity index (χ3n) is 5.34. The van der Waals surface area contributed by atoms with Gasteiger partial charge in [-0.2, -0.15) is 0 Å². The SMILES string of the molecule is NC(=O)C1CCN(C(=O)c2ccc(N3CCc4ccccc43)nc2)CC1. The van der Waals surface area contributed by atoms with Crippen LogP contribution in [0.15, 0.2) is 42.6 Å². The van der Waals surface area contributed by atoms with Crippen LogP contribution in [-0.4, -0.2) is 41.3 Å². The van der Waals surface area contributed by atoms with Gasteiger partial charge in [0.1, 0.15) is 5.82 Å². The maximum Gasteiger partial charge on any atom is 0.255 e. The fourth-order valence-corrected chi connectivity index (χ4v) is 3.80. The number of piperidine rings is 1. The number of nitrogens with zero attached hydrogens (tertiary/aromatic N) is 3. The quantitative estimate of drug-likeness (QED) is 0.919. The van der Waals surface area contributed by atoms with Gasteiger partial charge in [-0.3, -0.25) is 9.59 Å². The van der Waals surface area contributed by atoms with Crippen LogP contribution in [0.25, 0.3) is 0 Å². The second kappa shape index (κ2) is 6.78. The zero-order chi connectivity index (χ0) is 18.1. The Labute approximate surface area is 152 Å². The Kier molecular flexibility index (Phi) is 4.32. The van der Waals surface area contributed by atoms with Crippen LogP contribution in [0.4, 0.5) is 11.5 Å². The summed E-state index contributed by atoms with van der Waals surface area (Å²) in [4.78, 5) is 32.4. The fourth-order valence-electron chi connectivity index (χ4n) is 3.80. The zero-order valence-corrected chi connectivity index (χ0v) is 14.6. The van der Waals surface area contributed by atoms with Crippen molar-refractivity contribution < 1.29 is 9.59 Å². The van der Waals surface area contributed by atoms with Crippen molar-refractivity contribution in [3.63, 3.8) is 0 Å². The summed E-state index contributed by atoms with van der Waals surface area (Å²) >= 11 is 0. The second-order valence-electron chi connectivity index (χ2n) is 6.90. The lowest BCUT2D eigenvalue weighted by atomic mass is 9.96. The number of rotatable bonds is 3. The van der Waals surface area contributed by atoms with Crippen molar-refractivity contribution in [1.29, 1.82) is 0 Å². The molecule has 0 saturated carbocycles. The minimum Gasteiger partial charge on any atom is -0.369 e. The minimum atomic E-state index is -0.269. The highest BCUT2D eigenvalue weighted by Crippen LogP contribution is 2.33. The Balaban J connectivity index is 1.45. The molecule has 2 aliphatic heterocycles. The first-order valence-electron chi connectivity index (χ1n) is 9.03. The second-order valence-corrected chi connectivity index (χ2v) is 6.90. The van der Waals surface area contributed by atoms with E-state index < -0.39 is 0 Å². The molecule has 6 nitrogen and oxygen atoms in total. The number of carbonyl (C=O) groups is 2. The van der Waals surface area contributed by atoms with Crippen LogP contribution in [0.3, 0.4) is 0 Å². The predicted octanol–water partition coefficient (Wildman–Crippen LogP) is 2.11. The lowest BCUT2D eigenvalue weighted by Gasteiger charge is -2.30. The molecule has 26 heavy (non-hydrogen) atoms. The van der Waals surface area contributed by atoms with Gasteiger partial charge in [0.05, 0.1) is 5.56 Å². The molecule has 6 heteroatoms. The van der Waals surface area contributed by atoms with E-state index in [0.29, 0.717) is 31.5 Å². The lowest BCUT2D eigenvalue weighted by molar-refractivity contribution is -0.123. The third-order valence-corrected chi connectivity index (χ3v) is 5.34. The molecule has 0 unspecified atom stereocenters. The van der Waals surface area contributed by atoms with Gasteiger partial charge < -0.3 is 15.5 Å². The van der Waals surface area contributed by atoms with Crippen LogP contribution < -0.4 is 10.6 Å². The van der Waals surface area contributed by atoms with Crippen molar-refractivity contribution in [2.45, 2.75) is 19.3 Å². The fraction of sp³-hybridized carbons (Fsp3) is 0.350. The molecular weight excluding hydrogens is 328 g/mol. The Bertz CT molecular complexity index is 826. The molecule has 0 radical (unpaired) electrons. The maximum atomic E-state index is 12.7. The number of hydrogen-bond donors (Lipinski definition) is 1. The topological polar surface area (TPSA) is 79.5 Å². The van der Waals surface area contributed by atoms with Crippen molar-refractivity contribution in [2.24, 2.45) is 11.7 Å². The highest BCUT2D eigenvalue weighted by Gasteiger charge is 2.27. The largest absolute Gasteiger partial charge is 0.369 e. The Hall–Kier alpha value is -2.89. The highest BCUT2D eigenvalue weighted by molar-refractivity contribution is 5.94.